The van der Waals surface area contributed by atoms with Crippen LogP contribution in [0.1, 0.15) is 12.5 Å². The molecule has 2 aromatic rings. The zero-order valence-electron chi connectivity index (χ0n) is 10.7. The first-order valence-corrected chi connectivity index (χ1v) is 5.85. The Balaban J connectivity index is 2.21. The molecule has 0 saturated heterocycles. The van der Waals surface area contributed by atoms with Crippen molar-refractivity contribution in [1.82, 2.24) is 0 Å². The molecule has 2 rings (SSSR count). The van der Waals surface area contributed by atoms with Crippen molar-refractivity contribution < 1.29 is 18.6 Å². The molecule has 0 aromatic heterocycles. The number of benzene rings is 2. The van der Waals surface area contributed by atoms with Crippen molar-refractivity contribution in [3.05, 3.63) is 59.7 Å². The van der Waals surface area contributed by atoms with E-state index in [1.165, 1.54) is 6.92 Å². The van der Waals surface area contributed by atoms with Gasteiger partial charge < -0.3 is 9.84 Å². The molecule has 2 aromatic carbocycles. The molecule has 0 radical (unpaired) electrons. The summed E-state index contributed by atoms with van der Waals surface area (Å²) in [6.45, 7) is 1.49. The molecule has 0 aliphatic carbocycles. The number of halogens is 2. The van der Waals surface area contributed by atoms with Gasteiger partial charge in [0, 0.05) is 18.2 Å². The molecule has 4 heteroatoms. The van der Waals surface area contributed by atoms with E-state index in [0.717, 1.165) is 18.2 Å². The van der Waals surface area contributed by atoms with Crippen molar-refractivity contribution in [2.75, 3.05) is 0 Å². The number of rotatable bonds is 3. The lowest BCUT2D eigenvalue weighted by molar-refractivity contribution is 0.122. The van der Waals surface area contributed by atoms with E-state index in [9.17, 15) is 13.9 Å². The fourth-order valence-corrected chi connectivity index (χ4v) is 1.65. The van der Waals surface area contributed by atoms with Crippen LogP contribution in [0.15, 0.2) is 42.5 Å². The van der Waals surface area contributed by atoms with Gasteiger partial charge in [-0.15, -0.1) is 6.42 Å². The van der Waals surface area contributed by atoms with Crippen molar-refractivity contribution in [2.24, 2.45) is 0 Å². The first kappa shape index (κ1) is 14.0. The number of hydrogen-bond donors (Lipinski definition) is 1. The van der Waals surface area contributed by atoms with Crippen LogP contribution < -0.4 is 4.74 Å². The van der Waals surface area contributed by atoms with Gasteiger partial charge in [0.15, 0.2) is 0 Å². The topological polar surface area (TPSA) is 29.5 Å². The molecule has 0 aliphatic heterocycles. The summed E-state index contributed by atoms with van der Waals surface area (Å²) in [5, 5.41) is 9.87. The third-order valence-corrected chi connectivity index (χ3v) is 2.77. The maximum absolute atomic E-state index is 13.0. The van der Waals surface area contributed by atoms with Crippen LogP contribution in [0.5, 0.6) is 11.5 Å². The number of terminal acetylenes is 1. The molecule has 20 heavy (non-hydrogen) atoms. The van der Waals surface area contributed by atoms with E-state index in [1.54, 1.807) is 24.3 Å². The Morgan fingerprint density at radius 1 is 1.05 bits per heavy atom. The Kier molecular flexibility index (Phi) is 3.73. The van der Waals surface area contributed by atoms with Crippen molar-refractivity contribution in [3.8, 4) is 23.8 Å². The van der Waals surface area contributed by atoms with E-state index >= 15 is 0 Å². The first-order valence-electron chi connectivity index (χ1n) is 5.85. The van der Waals surface area contributed by atoms with Crippen LogP contribution in [0.4, 0.5) is 8.78 Å². The summed E-state index contributed by atoms with van der Waals surface area (Å²) in [6.07, 6.45) is 5.22. The Labute approximate surface area is 115 Å². The number of ether oxygens (including phenoxy) is 1. The predicted octanol–water partition coefficient (Wildman–Crippen LogP) is 3.60. The maximum atomic E-state index is 13.0. The van der Waals surface area contributed by atoms with Crippen LogP contribution in [0.3, 0.4) is 0 Å². The zero-order chi connectivity index (χ0) is 14.8. The van der Waals surface area contributed by atoms with Crippen LogP contribution in [0.2, 0.25) is 0 Å². The van der Waals surface area contributed by atoms with Gasteiger partial charge in [-0.25, -0.2) is 8.78 Å². The minimum Gasteiger partial charge on any atom is -0.457 e. The molecule has 1 unspecified atom stereocenters. The third kappa shape index (κ3) is 3.14. The van der Waals surface area contributed by atoms with Crippen LogP contribution in [-0.2, 0) is 5.60 Å². The highest BCUT2D eigenvalue weighted by Gasteiger charge is 2.19. The van der Waals surface area contributed by atoms with Gasteiger partial charge in [-0.2, -0.15) is 0 Å². The van der Waals surface area contributed by atoms with Gasteiger partial charge in [0.25, 0.3) is 0 Å². The summed E-state index contributed by atoms with van der Waals surface area (Å²) in [4.78, 5) is 0. The second-order valence-electron chi connectivity index (χ2n) is 4.45. The molecule has 0 amide bonds. The maximum Gasteiger partial charge on any atom is 0.147 e. The summed E-state index contributed by atoms with van der Waals surface area (Å²) in [6, 6.07) is 9.22. The molecular weight excluding hydrogens is 262 g/mol. The fraction of sp³-hybridized carbons (Fsp3) is 0.125. The third-order valence-electron chi connectivity index (χ3n) is 2.77. The highest BCUT2D eigenvalue weighted by Crippen LogP contribution is 2.26. The van der Waals surface area contributed by atoms with Crippen molar-refractivity contribution in [2.45, 2.75) is 12.5 Å². The van der Waals surface area contributed by atoms with Gasteiger partial charge in [0.1, 0.15) is 28.7 Å². The molecule has 1 atom stereocenters. The van der Waals surface area contributed by atoms with E-state index in [2.05, 4.69) is 5.92 Å². The van der Waals surface area contributed by atoms with Crippen molar-refractivity contribution >= 4 is 0 Å². The summed E-state index contributed by atoms with van der Waals surface area (Å²) < 4.78 is 31.4. The second kappa shape index (κ2) is 5.32. The lowest BCUT2D eigenvalue weighted by Gasteiger charge is -2.17. The van der Waals surface area contributed by atoms with Crippen LogP contribution in [-0.4, -0.2) is 5.11 Å². The minimum atomic E-state index is -1.37. The molecule has 0 heterocycles. The Bertz CT molecular complexity index is 635. The minimum absolute atomic E-state index is 0.0546. The molecule has 1 N–H and O–H groups in total. The molecule has 2 nitrogen and oxygen atoms in total. The fourth-order valence-electron chi connectivity index (χ4n) is 1.65. The quantitative estimate of drug-likeness (QED) is 0.867. The Hall–Kier alpha value is -2.38. The van der Waals surface area contributed by atoms with Crippen molar-refractivity contribution in [3.63, 3.8) is 0 Å². The average molecular weight is 274 g/mol. The van der Waals surface area contributed by atoms with E-state index in [4.69, 9.17) is 11.2 Å². The van der Waals surface area contributed by atoms with Crippen LogP contribution in [0, 0.1) is 24.0 Å². The first-order chi connectivity index (χ1) is 9.40. The summed E-state index contributed by atoms with van der Waals surface area (Å²) in [5.74, 6) is 1.26. The molecule has 0 spiro atoms. The molecule has 0 saturated carbocycles. The van der Waals surface area contributed by atoms with E-state index in [1.807, 2.05) is 0 Å². The Morgan fingerprint density at radius 2 is 1.60 bits per heavy atom. The van der Waals surface area contributed by atoms with Gasteiger partial charge >= 0.3 is 0 Å². The SMILES string of the molecule is C#CC(C)(O)c1ccc(Oc2cc(F)cc(F)c2)cc1. The normalized spacial score (nSPS) is 13.3. The lowest BCUT2D eigenvalue weighted by atomic mass is 9.97. The van der Waals surface area contributed by atoms with Gasteiger partial charge in [-0.05, 0) is 24.6 Å². The van der Waals surface area contributed by atoms with Gasteiger partial charge in [0.05, 0.1) is 0 Å². The molecule has 0 aliphatic rings. The van der Waals surface area contributed by atoms with Crippen LogP contribution >= 0.6 is 0 Å². The molecule has 0 bridgehead atoms. The summed E-state index contributed by atoms with van der Waals surface area (Å²) in [5.41, 5.74) is -0.846. The lowest BCUT2D eigenvalue weighted by Crippen LogP contribution is -2.17. The van der Waals surface area contributed by atoms with Gasteiger partial charge in [0.2, 0.25) is 0 Å². The number of aliphatic hydroxyl groups is 1. The molecule has 0 fully saturated rings. The van der Waals surface area contributed by atoms with E-state index < -0.39 is 17.2 Å². The largest absolute Gasteiger partial charge is 0.457 e. The van der Waals surface area contributed by atoms with E-state index in [0.29, 0.717) is 11.3 Å². The monoisotopic (exact) mass is 274 g/mol. The second-order valence-corrected chi connectivity index (χ2v) is 4.45. The predicted molar refractivity (Wildman–Crippen MR) is 71.3 cm³/mol. The average Bonchev–Trinajstić information content (AvgIpc) is 2.38. The van der Waals surface area contributed by atoms with Crippen molar-refractivity contribution in [1.29, 1.82) is 0 Å². The smallest absolute Gasteiger partial charge is 0.147 e. The van der Waals surface area contributed by atoms with Gasteiger partial charge in [-0.1, -0.05) is 18.1 Å². The highest BCUT2D eigenvalue weighted by molar-refractivity contribution is 5.37. The summed E-state index contributed by atoms with van der Waals surface area (Å²) in [7, 11) is 0. The molecular formula is C16H12F2O2. The highest BCUT2D eigenvalue weighted by atomic mass is 19.1. The number of hydrogen-bond acceptors (Lipinski definition) is 2. The standard InChI is InChI=1S/C16H12F2O2/c1-3-16(2,19)11-4-6-14(7-5-11)20-15-9-12(17)8-13(18)10-15/h1,4-10,19H,2H3. The summed E-state index contributed by atoms with van der Waals surface area (Å²) >= 11 is 0. The molecule has 102 valence electrons. The Morgan fingerprint density at radius 3 is 2.10 bits per heavy atom. The zero-order valence-corrected chi connectivity index (χ0v) is 10.7. The van der Waals surface area contributed by atoms with E-state index in [-0.39, 0.29) is 5.75 Å². The van der Waals surface area contributed by atoms with Gasteiger partial charge in [-0.3, -0.25) is 0 Å². The van der Waals surface area contributed by atoms with Crippen LogP contribution in [0.25, 0.3) is 0 Å².